The Hall–Kier alpha value is -1.92. The van der Waals surface area contributed by atoms with E-state index in [2.05, 4.69) is 9.97 Å². The molecule has 0 fully saturated rings. The van der Waals surface area contributed by atoms with Gasteiger partial charge < -0.3 is 10.5 Å². The van der Waals surface area contributed by atoms with E-state index in [1.165, 1.54) is 17.5 Å². The molecule has 3 rings (SSSR count). The SMILES string of the molecule is COc1ccc(Cl)c2c1ncc1c(=O)nc(N)sc12. The van der Waals surface area contributed by atoms with Gasteiger partial charge in [0, 0.05) is 11.6 Å². The minimum atomic E-state index is -0.403. The Bertz CT molecular complexity index is 863. The summed E-state index contributed by atoms with van der Waals surface area (Å²) < 4.78 is 5.92. The van der Waals surface area contributed by atoms with Crippen LogP contribution in [0.2, 0.25) is 5.02 Å². The van der Waals surface area contributed by atoms with Crippen molar-refractivity contribution in [3.8, 4) is 5.75 Å². The number of nitrogens with two attached hydrogens (primary N) is 1. The van der Waals surface area contributed by atoms with Crippen molar-refractivity contribution in [2.45, 2.75) is 0 Å². The Balaban J connectivity index is 2.63. The van der Waals surface area contributed by atoms with Crippen LogP contribution in [0, 0.1) is 0 Å². The second-order valence-electron chi connectivity index (χ2n) is 3.83. The van der Waals surface area contributed by atoms with Crippen molar-refractivity contribution in [1.29, 1.82) is 0 Å². The molecule has 7 heteroatoms. The van der Waals surface area contributed by atoms with E-state index in [9.17, 15) is 4.79 Å². The minimum absolute atomic E-state index is 0.198. The molecule has 0 amide bonds. The smallest absolute Gasteiger partial charge is 0.282 e. The molecule has 96 valence electrons. The summed E-state index contributed by atoms with van der Waals surface area (Å²) in [6.07, 6.45) is 1.47. The summed E-state index contributed by atoms with van der Waals surface area (Å²) in [5.74, 6) is 0.594. The van der Waals surface area contributed by atoms with Gasteiger partial charge in [0.25, 0.3) is 5.56 Å². The van der Waals surface area contributed by atoms with Gasteiger partial charge in [0.05, 0.1) is 22.2 Å². The lowest BCUT2D eigenvalue weighted by atomic mass is 10.2. The quantitative estimate of drug-likeness (QED) is 0.697. The molecule has 0 saturated carbocycles. The summed E-state index contributed by atoms with van der Waals surface area (Å²) in [4.78, 5) is 19.8. The van der Waals surface area contributed by atoms with Gasteiger partial charge in [-0.15, -0.1) is 0 Å². The topological polar surface area (TPSA) is 78.1 Å². The Morgan fingerprint density at radius 2 is 2.21 bits per heavy atom. The van der Waals surface area contributed by atoms with Crippen molar-refractivity contribution in [2.24, 2.45) is 0 Å². The van der Waals surface area contributed by atoms with Gasteiger partial charge in [-0.3, -0.25) is 9.78 Å². The highest BCUT2D eigenvalue weighted by atomic mass is 35.5. The lowest BCUT2D eigenvalue weighted by Crippen LogP contribution is -2.08. The molecule has 3 aromatic rings. The summed E-state index contributed by atoms with van der Waals surface area (Å²) >= 11 is 7.42. The molecule has 0 saturated heterocycles. The molecule has 0 unspecified atom stereocenters. The van der Waals surface area contributed by atoms with Gasteiger partial charge in [0.2, 0.25) is 0 Å². The standard InChI is InChI=1S/C12H8ClN3O2S/c1-18-7-3-2-6(13)8-9(7)15-4-5-10(8)19-12(14)16-11(5)17/h2-4H,1H3,(H2,14,16,17). The lowest BCUT2D eigenvalue weighted by Gasteiger charge is -2.08. The van der Waals surface area contributed by atoms with Gasteiger partial charge in [-0.25, -0.2) is 0 Å². The Labute approximate surface area is 116 Å². The van der Waals surface area contributed by atoms with E-state index in [1.807, 2.05) is 0 Å². The first-order valence-electron chi connectivity index (χ1n) is 5.33. The van der Waals surface area contributed by atoms with Crippen molar-refractivity contribution in [3.05, 3.63) is 33.7 Å². The van der Waals surface area contributed by atoms with Gasteiger partial charge in [-0.2, -0.15) is 4.98 Å². The molecule has 0 radical (unpaired) electrons. The third-order valence-corrected chi connectivity index (χ3v) is 4.00. The Kier molecular flexibility index (Phi) is 2.76. The number of aromatic nitrogens is 2. The van der Waals surface area contributed by atoms with E-state index < -0.39 is 5.56 Å². The maximum Gasteiger partial charge on any atom is 0.282 e. The van der Waals surface area contributed by atoms with E-state index >= 15 is 0 Å². The summed E-state index contributed by atoms with van der Waals surface area (Å²) in [6.45, 7) is 0. The number of halogens is 1. The van der Waals surface area contributed by atoms with Crippen molar-refractivity contribution in [3.63, 3.8) is 0 Å². The zero-order valence-electron chi connectivity index (χ0n) is 9.81. The summed E-state index contributed by atoms with van der Waals surface area (Å²) in [5.41, 5.74) is 5.85. The molecule has 2 N–H and O–H groups in total. The van der Waals surface area contributed by atoms with E-state index in [-0.39, 0.29) is 5.13 Å². The first-order chi connectivity index (χ1) is 9.11. The number of pyridine rings is 1. The average Bonchev–Trinajstić information content (AvgIpc) is 2.38. The van der Waals surface area contributed by atoms with E-state index in [0.29, 0.717) is 31.8 Å². The predicted molar refractivity (Wildman–Crippen MR) is 77.2 cm³/mol. The maximum absolute atomic E-state index is 11.8. The molecular weight excluding hydrogens is 286 g/mol. The van der Waals surface area contributed by atoms with Gasteiger partial charge in [0.15, 0.2) is 5.13 Å². The summed E-state index contributed by atoms with van der Waals surface area (Å²) in [5, 5.41) is 1.76. The molecule has 0 spiro atoms. The molecule has 0 aliphatic rings. The van der Waals surface area contributed by atoms with Gasteiger partial charge in [-0.05, 0) is 12.1 Å². The molecule has 0 atom stereocenters. The van der Waals surface area contributed by atoms with Crippen molar-refractivity contribution in [1.82, 2.24) is 9.97 Å². The number of nitrogens with zero attached hydrogens (tertiary/aromatic N) is 2. The van der Waals surface area contributed by atoms with Crippen LogP contribution in [0.1, 0.15) is 0 Å². The highest BCUT2D eigenvalue weighted by molar-refractivity contribution is 7.22. The zero-order valence-corrected chi connectivity index (χ0v) is 11.4. The number of ether oxygens (including phenoxy) is 1. The van der Waals surface area contributed by atoms with Crippen LogP contribution < -0.4 is 16.0 Å². The van der Waals surface area contributed by atoms with Crippen LogP contribution >= 0.6 is 22.9 Å². The van der Waals surface area contributed by atoms with Crippen LogP contribution in [0.25, 0.3) is 21.0 Å². The molecule has 2 heterocycles. The van der Waals surface area contributed by atoms with Crippen LogP contribution in [0.5, 0.6) is 5.75 Å². The Morgan fingerprint density at radius 1 is 1.42 bits per heavy atom. The molecular formula is C12H8ClN3O2S. The summed E-state index contributed by atoms with van der Waals surface area (Å²) in [6, 6.07) is 3.44. The monoisotopic (exact) mass is 293 g/mol. The second kappa shape index (κ2) is 4.32. The molecule has 0 aliphatic heterocycles. The van der Waals surface area contributed by atoms with Crippen molar-refractivity contribution < 1.29 is 4.74 Å². The van der Waals surface area contributed by atoms with Crippen LogP contribution in [0.3, 0.4) is 0 Å². The fraction of sp³-hybridized carbons (Fsp3) is 0.0833. The lowest BCUT2D eigenvalue weighted by molar-refractivity contribution is 0.419. The highest BCUT2D eigenvalue weighted by Gasteiger charge is 2.13. The largest absolute Gasteiger partial charge is 0.494 e. The average molecular weight is 294 g/mol. The van der Waals surface area contributed by atoms with Crippen LogP contribution in [-0.4, -0.2) is 17.1 Å². The number of anilines is 1. The number of fused-ring (bicyclic) bond motifs is 3. The number of methoxy groups -OCH3 is 1. The normalized spacial score (nSPS) is 11.1. The molecule has 0 bridgehead atoms. The fourth-order valence-corrected chi connectivity index (χ4v) is 3.12. The van der Waals surface area contributed by atoms with E-state index in [4.69, 9.17) is 22.1 Å². The third kappa shape index (κ3) is 1.80. The predicted octanol–water partition coefficient (Wildman–Crippen LogP) is 2.45. The third-order valence-electron chi connectivity index (χ3n) is 2.75. The van der Waals surface area contributed by atoms with Crippen molar-refractivity contribution in [2.75, 3.05) is 12.8 Å². The summed E-state index contributed by atoms with van der Waals surface area (Å²) in [7, 11) is 1.55. The molecule has 2 aromatic heterocycles. The van der Waals surface area contributed by atoms with Crippen molar-refractivity contribution >= 4 is 49.1 Å². The van der Waals surface area contributed by atoms with E-state index in [0.717, 1.165) is 0 Å². The van der Waals surface area contributed by atoms with Crippen LogP contribution in [-0.2, 0) is 0 Å². The van der Waals surface area contributed by atoms with Gasteiger partial charge >= 0.3 is 0 Å². The molecule has 0 aliphatic carbocycles. The molecule has 1 aromatic carbocycles. The number of nitrogen functional groups attached to an aromatic ring is 1. The number of hydrogen-bond donors (Lipinski definition) is 1. The first-order valence-corrected chi connectivity index (χ1v) is 6.53. The second-order valence-corrected chi connectivity index (χ2v) is 5.27. The Morgan fingerprint density at radius 3 is 2.95 bits per heavy atom. The highest BCUT2D eigenvalue weighted by Crippen LogP contribution is 2.36. The maximum atomic E-state index is 11.8. The number of benzene rings is 1. The minimum Gasteiger partial charge on any atom is -0.494 e. The fourth-order valence-electron chi connectivity index (χ4n) is 1.92. The zero-order chi connectivity index (χ0) is 13.6. The molecule has 19 heavy (non-hydrogen) atoms. The number of rotatable bonds is 1. The van der Waals surface area contributed by atoms with Gasteiger partial charge in [0.1, 0.15) is 11.3 Å². The van der Waals surface area contributed by atoms with Crippen LogP contribution in [0.4, 0.5) is 5.13 Å². The first kappa shape index (κ1) is 12.1. The molecule has 5 nitrogen and oxygen atoms in total. The van der Waals surface area contributed by atoms with E-state index in [1.54, 1.807) is 19.2 Å². The number of hydrogen-bond acceptors (Lipinski definition) is 6. The van der Waals surface area contributed by atoms with Gasteiger partial charge in [-0.1, -0.05) is 22.9 Å². The van der Waals surface area contributed by atoms with Crippen LogP contribution in [0.15, 0.2) is 23.1 Å².